The van der Waals surface area contributed by atoms with Crippen molar-refractivity contribution in [2.45, 2.75) is 23.2 Å². The van der Waals surface area contributed by atoms with E-state index in [2.05, 4.69) is 5.32 Å². The van der Waals surface area contributed by atoms with Crippen molar-refractivity contribution in [1.82, 2.24) is 0 Å². The first-order valence-electron chi connectivity index (χ1n) is 4.90. The number of benzene rings is 1. The van der Waals surface area contributed by atoms with Crippen molar-refractivity contribution >= 4 is 21.4 Å². The van der Waals surface area contributed by atoms with Gasteiger partial charge in [-0.1, -0.05) is 0 Å². The van der Waals surface area contributed by atoms with Crippen LogP contribution in [0.5, 0.6) is 0 Å². The Labute approximate surface area is 101 Å². The maximum Gasteiger partial charge on any atom is 0.416 e. The largest absolute Gasteiger partial charge is 0.416 e. The predicted molar refractivity (Wildman–Crippen MR) is 56.7 cm³/mol. The number of sulfone groups is 1. The summed E-state index contributed by atoms with van der Waals surface area (Å²) in [6.45, 7) is 1.13. The van der Waals surface area contributed by atoms with Crippen LogP contribution in [0.2, 0.25) is 0 Å². The molecular weight excluding hydrogens is 271 g/mol. The van der Waals surface area contributed by atoms with Crippen LogP contribution in [0.4, 0.5) is 18.9 Å². The van der Waals surface area contributed by atoms with Crippen molar-refractivity contribution < 1.29 is 26.4 Å². The highest BCUT2D eigenvalue weighted by atomic mass is 32.2. The van der Waals surface area contributed by atoms with Crippen molar-refractivity contribution in [3.63, 3.8) is 0 Å². The molecule has 1 N–H and O–H groups in total. The van der Waals surface area contributed by atoms with E-state index in [1.165, 1.54) is 0 Å². The molecule has 18 heavy (non-hydrogen) atoms. The average Bonchev–Trinajstić information content (AvgIpc) is 2.25. The van der Waals surface area contributed by atoms with Gasteiger partial charge in [-0.05, 0) is 25.1 Å². The molecule has 1 aromatic rings. The molecule has 1 aromatic carbocycles. The Bertz CT molecular complexity index is 622. The summed E-state index contributed by atoms with van der Waals surface area (Å²) in [6.07, 6.45) is -4.63. The summed E-state index contributed by atoms with van der Waals surface area (Å²) >= 11 is 0. The predicted octanol–water partition coefficient (Wildman–Crippen LogP) is 1.82. The van der Waals surface area contributed by atoms with E-state index in [1.807, 2.05) is 0 Å². The van der Waals surface area contributed by atoms with Gasteiger partial charge in [0.25, 0.3) is 0 Å². The standard InChI is InChI=1S/C10H8F3NO3S/c1-5-9(15)14-7-3-2-6(10(11,12)13)4-8(7)18(5,16)17/h2-5H,1H3,(H,14,15). The molecule has 1 aliphatic heterocycles. The van der Waals surface area contributed by atoms with Gasteiger partial charge in [0, 0.05) is 0 Å². The maximum atomic E-state index is 12.5. The number of carbonyl (C=O) groups is 1. The van der Waals surface area contributed by atoms with Crippen LogP contribution in [0.1, 0.15) is 12.5 Å². The summed E-state index contributed by atoms with van der Waals surface area (Å²) in [7, 11) is -4.06. The van der Waals surface area contributed by atoms with E-state index in [1.54, 1.807) is 0 Å². The summed E-state index contributed by atoms with van der Waals surface area (Å²) in [5.41, 5.74) is -1.18. The Morgan fingerprint density at radius 2 is 1.89 bits per heavy atom. The van der Waals surface area contributed by atoms with Gasteiger partial charge < -0.3 is 5.32 Å². The third kappa shape index (κ3) is 1.86. The molecule has 4 nitrogen and oxygen atoms in total. The Balaban J connectivity index is 2.67. The number of rotatable bonds is 0. The molecule has 0 aliphatic carbocycles. The number of halogens is 3. The van der Waals surface area contributed by atoms with Crippen molar-refractivity contribution in [3.05, 3.63) is 23.8 Å². The molecule has 0 radical (unpaired) electrons. The van der Waals surface area contributed by atoms with Gasteiger partial charge in [-0.15, -0.1) is 0 Å². The molecule has 0 bridgehead atoms. The zero-order valence-electron chi connectivity index (χ0n) is 9.08. The van der Waals surface area contributed by atoms with Gasteiger partial charge in [0.2, 0.25) is 5.91 Å². The van der Waals surface area contributed by atoms with E-state index < -0.39 is 37.6 Å². The van der Waals surface area contributed by atoms with Gasteiger partial charge in [-0.2, -0.15) is 13.2 Å². The fourth-order valence-corrected chi connectivity index (χ4v) is 3.04. The molecule has 8 heteroatoms. The normalized spacial score (nSPS) is 22.2. The smallest absolute Gasteiger partial charge is 0.324 e. The molecular formula is C10H8F3NO3S. The maximum absolute atomic E-state index is 12.5. The Morgan fingerprint density at radius 3 is 2.44 bits per heavy atom. The van der Waals surface area contributed by atoms with Crippen LogP contribution in [0.15, 0.2) is 23.1 Å². The molecule has 98 valence electrons. The van der Waals surface area contributed by atoms with E-state index >= 15 is 0 Å². The van der Waals surface area contributed by atoms with Gasteiger partial charge in [-0.3, -0.25) is 4.79 Å². The van der Waals surface area contributed by atoms with E-state index in [4.69, 9.17) is 0 Å². The molecule has 0 fully saturated rings. The van der Waals surface area contributed by atoms with Crippen LogP contribution in [-0.4, -0.2) is 19.6 Å². The molecule has 1 amide bonds. The van der Waals surface area contributed by atoms with E-state index in [0.29, 0.717) is 6.07 Å². The lowest BCUT2D eigenvalue weighted by atomic mass is 10.2. The number of nitrogens with one attached hydrogen (secondary N) is 1. The summed E-state index contributed by atoms with van der Waals surface area (Å²) in [5.74, 6) is -0.748. The molecule has 1 heterocycles. The van der Waals surface area contributed by atoms with Crippen LogP contribution in [0, 0.1) is 0 Å². The highest BCUT2D eigenvalue weighted by molar-refractivity contribution is 7.93. The first-order valence-corrected chi connectivity index (χ1v) is 6.44. The van der Waals surface area contributed by atoms with E-state index in [0.717, 1.165) is 19.1 Å². The highest BCUT2D eigenvalue weighted by Crippen LogP contribution is 2.36. The van der Waals surface area contributed by atoms with Crippen LogP contribution in [0.3, 0.4) is 0 Å². The number of hydrogen-bond donors (Lipinski definition) is 1. The summed E-state index contributed by atoms with van der Waals surface area (Å²) in [6, 6.07) is 2.21. The first-order chi connectivity index (χ1) is 8.14. The minimum absolute atomic E-state index is 0.119. The summed E-state index contributed by atoms with van der Waals surface area (Å²) in [4.78, 5) is 10.8. The third-order valence-corrected chi connectivity index (χ3v) is 4.80. The average molecular weight is 279 g/mol. The van der Waals surface area contributed by atoms with Gasteiger partial charge in [-0.25, -0.2) is 8.42 Å². The minimum atomic E-state index is -4.63. The van der Waals surface area contributed by atoms with Gasteiger partial charge in [0.05, 0.1) is 16.1 Å². The van der Waals surface area contributed by atoms with Crippen molar-refractivity contribution in [3.8, 4) is 0 Å². The van der Waals surface area contributed by atoms with Crippen molar-refractivity contribution in [2.75, 3.05) is 5.32 Å². The highest BCUT2D eigenvalue weighted by Gasteiger charge is 2.39. The van der Waals surface area contributed by atoms with Crippen LogP contribution < -0.4 is 5.32 Å². The Hall–Kier alpha value is -1.57. The molecule has 0 aromatic heterocycles. The van der Waals surface area contributed by atoms with Gasteiger partial charge in [0.1, 0.15) is 5.25 Å². The quantitative estimate of drug-likeness (QED) is 0.788. The zero-order chi connectivity index (χ0) is 13.7. The Morgan fingerprint density at radius 1 is 1.28 bits per heavy atom. The first kappa shape index (κ1) is 12.9. The van der Waals surface area contributed by atoms with E-state index in [9.17, 15) is 26.4 Å². The number of fused-ring (bicyclic) bond motifs is 1. The van der Waals surface area contributed by atoms with Crippen LogP contribution in [0.25, 0.3) is 0 Å². The van der Waals surface area contributed by atoms with Crippen LogP contribution >= 0.6 is 0 Å². The Kier molecular flexibility index (Phi) is 2.65. The lowest BCUT2D eigenvalue weighted by molar-refractivity contribution is -0.137. The summed E-state index contributed by atoms with van der Waals surface area (Å²) in [5, 5.41) is 0.864. The van der Waals surface area contributed by atoms with Crippen LogP contribution in [-0.2, 0) is 20.8 Å². The third-order valence-electron chi connectivity index (χ3n) is 2.71. The SMILES string of the molecule is CC1C(=O)Nc2ccc(C(F)(F)F)cc2S1(=O)=O. The molecule has 0 spiro atoms. The molecule has 1 atom stereocenters. The fraction of sp³-hybridized carbons (Fsp3) is 0.300. The lowest BCUT2D eigenvalue weighted by Gasteiger charge is -2.23. The molecule has 1 unspecified atom stereocenters. The number of hydrogen-bond acceptors (Lipinski definition) is 3. The number of anilines is 1. The fourth-order valence-electron chi connectivity index (χ4n) is 1.60. The zero-order valence-corrected chi connectivity index (χ0v) is 9.89. The number of carbonyl (C=O) groups excluding carboxylic acids is 1. The monoisotopic (exact) mass is 279 g/mol. The lowest BCUT2D eigenvalue weighted by Crippen LogP contribution is -2.37. The topological polar surface area (TPSA) is 63.2 Å². The number of amides is 1. The second-order valence-electron chi connectivity index (χ2n) is 3.89. The van der Waals surface area contributed by atoms with Gasteiger partial charge in [0.15, 0.2) is 9.84 Å². The van der Waals surface area contributed by atoms with Gasteiger partial charge >= 0.3 is 6.18 Å². The van der Waals surface area contributed by atoms with E-state index in [-0.39, 0.29) is 5.69 Å². The summed E-state index contributed by atoms with van der Waals surface area (Å²) < 4.78 is 61.2. The van der Waals surface area contributed by atoms with Crippen molar-refractivity contribution in [2.24, 2.45) is 0 Å². The molecule has 1 aliphatic rings. The molecule has 0 saturated carbocycles. The molecule has 0 saturated heterocycles. The minimum Gasteiger partial charge on any atom is -0.324 e. The molecule has 2 rings (SSSR count). The second-order valence-corrected chi connectivity index (χ2v) is 6.12. The van der Waals surface area contributed by atoms with Crippen molar-refractivity contribution in [1.29, 1.82) is 0 Å². The number of alkyl halides is 3. The second kappa shape index (κ2) is 3.71.